The summed E-state index contributed by atoms with van der Waals surface area (Å²) in [6.45, 7) is 4.10. The van der Waals surface area contributed by atoms with E-state index >= 15 is 0 Å². The van der Waals surface area contributed by atoms with E-state index in [1.807, 2.05) is 0 Å². The number of anilines is 1. The lowest BCUT2D eigenvalue weighted by Gasteiger charge is -2.10. The summed E-state index contributed by atoms with van der Waals surface area (Å²) in [4.78, 5) is 21.7. The zero-order valence-corrected chi connectivity index (χ0v) is 19.6. The number of aromatic nitrogens is 4. The molecule has 2 aromatic heterocycles. The Morgan fingerprint density at radius 1 is 1.26 bits per heavy atom. The maximum atomic E-state index is 12.4. The van der Waals surface area contributed by atoms with Gasteiger partial charge in [-0.3, -0.25) is 4.79 Å². The fraction of sp³-hybridized carbons (Fsp3) is 0.400. The average molecular weight is 483 g/mol. The number of carbonyl (C=O) groups excluding carboxylic acids is 1. The summed E-state index contributed by atoms with van der Waals surface area (Å²) in [5.74, 6) is 1.36. The second-order valence-electron chi connectivity index (χ2n) is 6.61. The highest BCUT2D eigenvalue weighted by atomic mass is 35.5. The summed E-state index contributed by atoms with van der Waals surface area (Å²) in [6, 6.07) is 4.79. The summed E-state index contributed by atoms with van der Waals surface area (Å²) in [5, 5.41) is 12.9. The highest BCUT2D eigenvalue weighted by molar-refractivity contribution is 7.99. The molecule has 0 saturated carbocycles. The Labute approximate surface area is 195 Å². The Morgan fingerprint density at radius 2 is 2.10 bits per heavy atom. The van der Waals surface area contributed by atoms with Crippen molar-refractivity contribution in [2.45, 2.75) is 25.0 Å². The van der Waals surface area contributed by atoms with Crippen molar-refractivity contribution in [1.82, 2.24) is 25.1 Å². The topological polar surface area (TPSA) is 94.0 Å². The molecule has 0 fully saturated rings. The van der Waals surface area contributed by atoms with Gasteiger partial charge in [0, 0.05) is 31.0 Å². The maximum Gasteiger partial charge on any atom is 0.252 e. The van der Waals surface area contributed by atoms with E-state index in [-0.39, 0.29) is 5.91 Å². The van der Waals surface area contributed by atoms with Crippen molar-refractivity contribution in [3.63, 3.8) is 0 Å². The van der Waals surface area contributed by atoms with Gasteiger partial charge in [0.15, 0.2) is 10.8 Å². The second kappa shape index (κ2) is 11.5. The van der Waals surface area contributed by atoms with Crippen LogP contribution in [0.25, 0.3) is 11.0 Å². The van der Waals surface area contributed by atoms with Gasteiger partial charge in [-0.05, 0) is 24.6 Å². The molecule has 11 heteroatoms. The molecular weight excluding hydrogens is 459 g/mol. The van der Waals surface area contributed by atoms with Crippen LogP contribution in [-0.2, 0) is 11.3 Å². The predicted octanol–water partition coefficient (Wildman–Crippen LogP) is 4.12. The molecule has 0 aliphatic rings. The first-order valence-electron chi connectivity index (χ1n) is 9.86. The molecule has 3 aromatic rings. The third kappa shape index (κ3) is 6.22. The van der Waals surface area contributed by atoms with Gasteiger partial charge in [-0.2, -0.15) is 5.10 Å². The number of carbonyl (C=O) groups is 1. The predicted molar refractivity (Wildman–Crippen MR) is 125 cm³/mol. The van der Waals surface area contributed by atoms with E-state index in [1.165, 1.54) is 0 Å². The van der Waals surface area contributed by atoms with E-state index in [1.54, 1.807) is 47.9 Å². The molecule has 1 aromatic carbocycles. The maximum absolute atomic E-state index is 12.4. The molecular formula is C20H24Cl2N6O2S. The minimum atomic E-state index is -0.292. The summed E-state index contributed by atoms with van der Waals surface area (Å²) >= 11 is 13.7. The first-order valence-corrected chi connectivity index (χ1v) is 11.6. The zero-order chi connectivity index (χ0) is 22.2. The van der Waals surface area contributed by atoms with Gasteiger partial charge in [-0.25, -0.2) is 14.6 Å². The first-order chi connectivity index (χ1) is 15.0. The largest absolute Gasteiger partial charge is 0.383 e. The van der Waals surface area contributed by atoms with Crippen LogP contribution < -0.4 is 10.6 Å². The standard InChI is InChI=1S/C20H24Cl2N6O2S/c1-3-10-31-20-26-17(23-7-9-30-2)15-12-25-28(18(15)27-20)8-6-24-19(29)14-11-13(21)4-5-16(14)22/h4-5,11-12H,3,6-10H2,1-2H3,(H,24,29)(H,23,26,27). The Bertz CT molecular complexity index is 1050. The van der Waals surface area contributed by atoms with Crippen molar-refractivity contribution in [2.75, 3.05) is 37.9 Å². The molecule has 0 aliphatic carbocycles. The zero-order valence-electron chi connectivity index (χ0n) is 17.3. The highest BCUT2D eigenvalue weighted by Crippen LogP contribution is 2.25. The van der Waals surface area contributed by atoms with Gasteiger partial charge >= 0.3 is 0 Å². The minimum Gasteiger partial charge on any atom is -0.383 e. The lowest BCUT2D eigenvalue weighted by atomic mass is 10.2. The number of nitrogens with one attached hydrogen (secondary N) is 2. The fourth-order valence-corrected chi connectivity index (χ4v) is 3.87. The number of fused-ring (bicyclic) bond motifs is 1. The van der Waals surface area contributed by atoms with Crippen LogP contribution in [0.3, 0.4) is 0 Å². The van der Waals surface area contributed by atoms with E-state index in [2.05, 4.69) is 32.6 Å². The second-order valence-corrected chi connectivity index (χ2v) is 8.51. The smallest absolute Gasteiger partial charge is 0.252 e. The quantitative estimate of drug-likeness (QED) is 0.241. The first kappa shape index (κ1) is 23.6. The molecule has 2 heterocycles. The van der Waals surface area contributed by atoms with Crippen LogP contribution in [0.4, 0.5) is 5.82 Å². The number of methoxy groups -OCH3 is 1. The van der Waals surface area contributed by atoms with Crippen molar-refractivity contribution in [2.24, 2.45) is 0 Å². The fourth-order valence-electron chi connectivity index (χ4n) is 2.81. The van der Waals surface area contributed by atoms with Crippen molar-refractivity contribution < 1.29 is 9.53 Å². The van der Waals surface area contributed by atoms with Crippen LogP contribution in [0.15, 0.2) is 29.6 Å². The number of rotatable bonds is 11. The molecule has 1 amide bonds. The third-order valence-electron chi connectivity index (χ3n) is 4.29. The van der Waals surface area contributed by atoms with Crippen LogP contribution in [0.1, 0.15) is 23.7 Å². The number of thioether (sulfide) groups is 1. The molecule has 0 bridgehead atoms. The number of amides is 1. The normalized spacial score (nSPS) is 11.1. The van der Waals surface area contributed by atoms with Crippen molar-refractivity contribution in [1.29, 1.82) is 0 Å². The Kier molecular flexibility index (Phi) is 8.77. The summed E-state index contributed by atoms with van der Waals surface area (Å²) in [7, 11) is 1.66. The van der Waals surface area contributed by atoms with Crippen molar-refractivity contribution in [3.8, 4) is 0 Å². The van der Waals surface area contributed by atoms with E-state index in [9.17, 15) is 4.79 Å². The van der Waals surface area contributed by atoms with E-state index < -0.39 is 0 Å². The number of hydrogen-bond donors (Lipinski definition) is 2. The lowest BCUT2D eigenvalue weighted by Crippen LogP contribution is -2.27. The molecule has 0 atom stereocenters. The number of benzene rings is 1. The lowest BCUT2D eigenvalue weighted by molar-refractivity contribution is 0.0952. The van der Waals surface area contributed by atoms with Crippen LogP contribution in [0, 0.1) is 0 Å². The molecule has 8 nitrogen and oxygen atoms in total. The monoisotopic (exact) mass is 482 g/mol. The molecule has 2 N–H and O–H groups in total. The Balaban J connectivity index is 1.74. The molecule has 0 radical (unpaired) electrons. The van der Waals surface area contributed by atoms with E-state index in [0.29, 0.717) is 52.7 Å². The number of nitrogens with zero attached hydrogens (tertiary/aromatic N) is 4. The molecule has 166 valence electrons. The molecule has 0 spiro atoms. The van der Waals surface area contributed by atoms with Crippen LogP contribution >= 0.6 is 35.0 Å². The average Bonchev–Trinajstić information content (AvgIpc) is 3.17. The highest BCUT2D eigenvalue weighted by Gasteiger charge is 2.14. The summed E-state index contributed by atoms with van der Waals surface area (Å²) < 4.78 is 6.87. The van der Waals surface area contributed by atoms with E-state index in [4.69, 9.17) is 27.9 Å². The van der Waals surface area contributed by atoms with Gasteiger partial charge in [-0.1, -0.05) is 41.9 Å². The molecule has 0 saturated heterocycles. The molecule has 3 rings (SSSR count). The minimum absolute atomic E-state index is 0.292. The molecule has 0 unspecified atom stereocenters. The summed E-state index contributed by atoms with van der Waals surface area (Å²) in [5.41, 5.74) is 1.05. The van der Waals surface area contributed by atoms with Crippen LogP contribution in [0.5, 0.6) is 0 Å². The SMILES string of the molecule is CCCSc1nc(NCCOC)c2cnn(CCNC(=O)c3cc(Cl)ccc3Cl)c2n1. The van der Waals surface area contributed by atoms with Gasteiger partial charge in [-0.15, -0.1) is 0 Å². The van der Waals surface area contributed by atoms with Gasteiger partial charge in [0.05, 0.1) is 35.3 Å². The third-order valence-corrected chi connectivity index (χ3v) is 5.91. The van der Waals surface area contributed by atoms with Crippen molar-refractivity contribution >= 4 is 57.7 Å². The Hall–Kier alpha value is -2.07. The number of hydrogen-bond acceptors (Lipinski definition) is 7. The molecule has 0 aliphatic heterocycles. The van der Waals surface area contributed by atoms with Crippen molar-refractivity contribution in [3.05, 3.63) is 40.0 Å². The van der Waals surface area contributed by atoms with Gasteiger partial charge in [0.2, 0.25) is 0 Å². The van der Waals surface area contributed by atoms with E-state index in [0.717, 1.165) is 23.4 Å². The number of halogens is 2. The molecule has 31 heavy (non-hydrogen) atoms. The summed E-state index contributed by atoms with van der Waals surface area (Å²) in [6.07, 6.45) is 2.75. The van der Waals surface area contributed by atoms with Gasteiger partial charge < -0.3 is 15.4 Å². The van der Waals surface area contributed by atoms with Crippen LogP contribution in [-0.4, -0.2) is 58.2 Å². The van der Waals surface area contributed by atoms with Gasteiger partial charge in [0.25, 0.3) is 5.91 Å². The van der Waals surface area contributed by atoms with Crippen LogP contribution in [0.2, 0.25) is 10.0 Å². The van der Waals surface area contributed by atoms with Gasteiger partial charge in [0.1, 0.15) is 5.82 Å². The number of ether oxygens (including phenoxy) is 1. The Morgan fingerprint density at radius 3 is 2.87 bits per heavy atom.